The van der Waals surface area contributed by atoms with E-state index in [2.05, 4.69) is 38.7 Å². The number of piperidine rings is 1. The molecule has 3 aliphatic rings. The Balaban J connectivity index is 1.66. The number of fused-ring (bicyclic) bond motifs is 1. The maximum Gasteiger partial charge on any atom is 0.123 e. The van der Waals surface area contributed by atoms with E-state index in [1.165, 1.54) is 41.7 Å². The zero-order valence-electron chi connectivity index (χ0n) is 9.19. The topological polar surface area (TPSA) is 29.9 Å². The van der Waals surface area contributed by atoms with Crippen LogP contribution in [0.3, 0.4) is 0 Å². The van der Waals surface area contributed by atoms with Crippen LogP contribution >= 0.6 is 22.6 Å². The molecule has 3 fully saturated rings. The maximum absolute atomic E-state index is 4.70. The SMILES string of the molecule is Ic1cc(C2[C@H]3CNC[C@@H]23)n(C2CCC2)n1. The van der Waals surface area contributed by atoms with Gasteiger partial charge in [0, 0.05) is 11.6 Å². The van der Waals surface area contributed by atoms with Crippen LogP contribution in [0.5, 0.6) is 0 Å². The van der Waals surface area contributed by atoms with Crippen LogP contribution in [0.1, 0.15) is 36.9 Å². The third-order valence-corrected chi connectivity index (χ3v) is 5.12. The minimum Gasteiger partial charge on any atom is -0.316 e. The Bertz CT molecular complexity index is 414. The van der Waals surface area contributed by atoms with Crippen molar-refractivity contribution in [3.63, 3.8) is 0 Å². The fourth-order valence-electron chi connectivity index (χ4n) is 3.41. The van der Waals surface area contributed by atoms with E-state index < -0.39 is 0 Å². The number of hydrogen-bond acceptors (Lipinski definition) is 2. The minimum absolute atomic E-state index is 0.716. The molecule has 1 saturated heterocycles. The third-order valence-electron chi connectivity index (χ3n) is 4.59. The largest absolute Gasteiger partial charge is 0.316 e. The number of hydrogen-bond donors (Lipinski definition) is 1. The van der Waals surface area contributed by atoms with Crippen molar-refractivity contribution in [1.29, 1.82) is 0 Å². The summed E-state index contributed by atoms with van der Waals surface area (Å²) in [6.45, 7) is 2.45. The Labute approximate surface area is 109 Å². The molecule has 86 valence electrons. The van der Waals surface area contributed by atoms with E-state index in [-0.39, 0.29) is 0 Å². The molecule has 1 N–H and O–H groups in total. The summed E-state index contributed by atoms with van der Waals surface area (Å²) >= 11 is 2.36. The standard InChI is InChI=1S/C12H16IN3/c13-11-4-10(12-8-5-14-6-9(8)12)16(15-11)7-2-1-3-7/h4,7-9,12,14H,1-3,5-6H2/t8-,9+,12?. The fraction of sp³-hybridized carbons (Fsp3) is 0.750. The summed E-state index contributed by atoms with van der Waals surface area (Å²) in [6, 6.07) is 3.04. The van der Waals surface area contributed by atoms with Gasteiger partial charge in [0.15, 0.2) is 0 Å². The number of halogens is 1. The Morgan fingerprint density at radius 1 is 1.31 bits per heavy atom. The van der Waals surface area contributed by atoms with Crippen molar-refractivity contribution in [2.75, 3.05) is 13.1 Å². The average Bonchev–Trinajstić information content (AvgIpc) is 2.60. The predicted octanol–water partition coefficient (Wildman–Crippen LogP) is 2.15. The first-order valence-corrected chi connectivity index (χ1v) is 7.38. The van der Waals surface area contributed by atoms with Crippen LogP contribution in [0.15, 0.2) is 6.07 Å². The van der Waals surface area contributed by atoms with Gasteiger partial charge in [0.05, 0.1) is 6.04 Å². The number of nitrogens with one attached hydrogen (secondary N) is 1. The van der Waals surface area contributed by atoms with Crippen molar-refractivity contribution < 1.29 is 0 Å². The number of aromatic nitrogens is 2. The summed E-state index contributed by atoms with van der Waals surface area (Å²) in [5, 5.41) is 8.18. The molecule has 16 heavy (non-hydrogen) atoms. The summed E-state index contributed by atoms with van der Waals surface area (Å²) in [4.78, 5) is 0. The lowest BCUT2D eigenvalue weighted by molar-refractivity contribution is 0.280. The molecule has 0 amide bonds. The lowest BCUT2D eigenvalue weighted by atomic mass is 9.93. The molecule has 0 bridgehead atoms. The van der Waals surface area contributed by atoms with Gasteiger partial charge in [0.25, 0.3) is 0 Å². The van der Waals surface area contributed by atoms with Gasteiger partial charge in [-0.2, -0.15) is 5.10 Å². The molecule has 2 aliphatic carbocycles. The number of nitrogens with zero attached hydrogens (tertiary/aromatic N) is 2. The van der Waals surface area contributed by atoms with E-state index in [0.717, 1.165) is 17.8 Å². The fourth-order valence-corrected chi connectivity index (χ4v) is 3.96. The van der Waals surface area contributed by atoms with Crippen LogP contribution in [0.2, 0.25) is 0 Å². The van der Waals surface area contributed by atoms with Gasteiger partial charge >= 0.3 is 0 Å². The van der Waals surface area contributed by atoms with E-state index in [1.807, 2.05) is 0 Å². The van der Waals surface area contributed by atoms with Gasteiger partial charge in [0.2, 0.25) is 0 Å². The summed E-state index contributed by atoms with van der Waals surface area (Å²) in [6.07, 6.45) is 4.07. The van der Waals surface area contributed by atoms with Crippen LogP contribution in [-0.4, -0.2) is 22.9 Å². The maximum atomic E-state index is 4.70. The molecule has 2 heterocycles. The smallest absolute Gasteiger partial charge is 0.123 e. The van der Waals surface area contributed by atoms with Crippen molar-refractivity contribution in [3.8, 4) is 0 Å². The highest BCUT2D eigenvalue weighted by atomic mass is 127. The normalized spacial score (nSPS) is 37.2. The second-order valence-electron chi connectivity index (χ2n) is 5.43. The Morgan fingerprint density at radius 3 is 2.69 bits per heavy atom. The highest BCUT2D eigenvalue weighted by molar-refractivity contribution is 14.1. The van der Waals surface area contributed by atoms with Gasteiger partial charge in [-0.3, -0.25) is 4.68 Å². The quantitative estimate of drug-likeness (QED) is 0.843. The molecule has 0 spiro atoms. The Kier molecular flexibility index (Phi) is 2.13. The zero-order valence-corrected chi connectivity index (χ0v) is 11.4. The second kappa shape index (κ2) is 3.45. The summed E-state index contributed by atoms with van der Waals surface area (Å²) in [5.74, 6) is 2.63. The van der Waals surface area contributed by atoms with Gasteiger partial charge < -0.3 is 5.32 Å². The molecule has 2 saturated carbocycles. The predicted molar refractivity (Wildman–Crippen MR) is 70.4 cm³/mol. The monoisotopic (exact) mass is 329 g/mol. The molecule has 4 heteroatoms. The van der Waals surface area contributed by atoms with Crippen molar-refractivity contribution in [2.45, 2.75) is 31.2 Å². The highest BCUT2D eigenvalue weighted by Gasteiger charge is 2.55. The Hall–Kier alpha value is -0.100. The number of rotatable bonds is 2. The van der Waals surface area contributed by atoms with Crippen LogP contribution in [0.25, 0.3) is 0 Å². The molecular weight excluding hydrogens is 313 g/mol. The molecule has 1 aromatic heterocycles. The van der Waals surface area contributed by atoms with Gasteiger partial charge in [0.1, 0.15) is 3.70 Å². The molecule has 1 aromatic rings. The van der Waals surface area contributed by atoms with Gasteiger partial charge in [-0.05, 0) is 72.8 Å². The summed E-state index contributed by atoms with van der Waals surface area (Å²) < 4.78 is 3.53. The van der Waals surface area contributed by atoms with Crippen LogP contribution in [-0.2, 0) is 0 Å². The third kappa shape index (κ3) is 1.32. The van der Waals surface area contributed by atoms with Crippen LogP contribution in [0, 0.1) is 15.5 Å². The van der Waals surface area contributed by atoms with Gasteiger partial charge in [-0.1, -0.05) is 0 Å². The molecule has 0 aromatic carbocycles. The first kappa shape index (κ1) is 9.88. The van der Waals surface area contributed by atoms with Gasteiger partial charge in [-0.25, -0.2) is 0 Å². The molecular formula is C12H16IN3. The van der Waals surface area contributed by atoms with E-state index >= 15 is 0 Å². The highest BCUT2D eigenvalue weighted by Crippen LogP contribution is 2.56. The molecule has 1 aliphatic heterocycles. The van der Waals surface area contributed by atoms with Crippen molar-refractivity contribution in [3.05, 3.63) is 15.5 Å². The minimum atomic E-state index is 0.716. The second-order valence-corrected chi connectivity index (χ2v) is 6.54. The Morgan fingerprint density at radius 2 is 2.06 bits per heavy atom. The molecule has 4 rings (SSSR count). The first-order valence-electron chi connectivity index (χ1n) is 6.30. The van der Waals surface area contributed by atoms with Crippen LogP contribution in [0.4, 0.5) is 0 Å². The average molecular weight is 329 g/mol. The van der Waals surface area contributed by atoms with Crippen molar-refractivity contribution >= 4 is 22.6 Å². The summed E-state index contributed by atoms with van der Waals surface area (Å²) in [5.41, 5.74) is 1.53. The van der Waals surface area contributed by atoms with E-state index in [4.69, 9.17) is 5.10 Å². The van der Waals surface area contributed by atoms with Crippen molar-refractivity contribution in [2.24, 2.45) is 11.8 Å². The zero-order chi connectivity index (χ0) is 10.7. The molecule has 3 nitrogen and oxygen atoms in total. The van der Waals surface area contributed by atoms with Crippen molar-refractivity contribution in [1.82, 2.24) is 15.1 Å². The van der Waals surface area contributed by atoms with Crippen LogP contribution < -0.4 is 5.32 Å². The summed E-state index contributed by atoms with van der Waals surface area (Å²) in [7, 11) is 0. The van der Waals surface area contributed by atoms with E-state index in [0.29, 0.717) is 6.04 Å². The molecule has 0 radical (unpaired) electrons. The van der Waals surface area contributed by atoms with Gasteiger partial charge in [-0.15, -0.1) is 0 Å². The lowest BCUT2D eigenvalue weighted by Gasteiger charge is -2.27. The molecule has 1 unspecified atom stereocenters. The lowest BCUT2D eigenvalue weighted by Crippen LogP contribution is -2.22. The van der Waals surface area contributed by atoms with E-state index in [1.54, 1.807) is 0 Å². The first-order chi connectivity index (χ1) is 7.84. The molecule has 3 atom stereocenters. The van der Waals surface area contributed by atoms with E-state index in [9.17, 15) is 0 Å².